The summed E-state index contributed by atoms with van der Waals surface area (Å²) < 4.78 is 13.1. The Labute approximate surface area is 79.2 Å². The minimum Gasteiger partial charge on any atom is -0.381 e. The molecular weight excluding hydrogens is 185 g/mol. The van der Waals surface area contributed by atoms with E-state index in [0.29, 0.717) is 11.6 Å². The Morgan fingerprint density at radius 1 is 1.43 bits per heavy atom. The number of aromatic amines is 1. The molecule has 0 atom stereocenters. The summed E-state index contributed by atoms with van der Waals surface area (Å²) in [5.41, 5.74) is 5.57. The van der Waals surface area contributed by atoms with Crippen molar-refractivity contribution in [3.63, 3.8) is 0 Å². The highest BCUT2D eigenvalue weighted by atomic mass is 19.1. The predicted molar refractivity (Wildman–Crippen MR) is 48.7 cm³/mol. The van der Waals surface area contributed by atoms with Crippen LogP contribution >= 0.6 is 0 Å². The number of imidazole rings is 1. The summed E-state index contributed by atoms with van der Waals surface area (Å²) in [6.45, 7) is 1.53. The summed E-state index contributed by atoms with van der Waals surface area (Å²) in [6.07, 6.45) is 3.20. The number of nitrogens with one attached hydrogen (secondary N) is 1. The molecule has 0 spiro atoms. The smallest absolute Gasteiger partial charge is 0.198 e. The topological polar surface area (TPSA) is 80.5 Å². The third-order valence-electron chi connectivity index (χ3n) is 1.75. The average Bonchev–Trinajstić information content (AvgIpc) is 2.66. The van der Waals surface area contributed by atoms with Gasteiger partial charge in [-0.15, -0.1) is 0 Å². The molecule has 2 aromatic rings. The highest BCUT2D eigenvalue weighted by Gasteiger charge is 2.10. The fourth-order valence-electron chi connectivity index (χ4n) is 1.07. The number of anilines is 1. The monoisotopic (exact) mass is 193 g/mol. The van der Waals surface area contributed by atoms with Gasteiger partial charge in [-0.25, -0.2) is 19.3 Å². The first-order valence-electron chi connectivity index (χ1n) is 3.98. The van der Waals surface area contributed by atoms with Gasteiger partial charge in [0.15, 0.2) is 23.3 Å². The van der Waals surface area contributed by atoms with Crippen LogP contribution in [0.1, 0.15) is 5.69 Å². The van der Waals surface area contributed by atoms with Crippen molar-refractivity contribution in [2.75, 3.05) is 5.73 Å². The lowest BCUT2D eigenvalue weighted by atomic mass is 10.4. The summed E-state index contributed by atoms with van der Waals surface area (Å²) >= 11 is 0. The van der Waals surface area contributed by atoms with Gasteiger partial charge in [-0.3, -0.25) is 0 Å². The Hall–Kier alpha value is -1.98. The maximum Gasteiger partial charge on any atom is 0.198 e. The summed E-state index contributed by atoms with van der Waals surface area (Å²) in [6, 6.07) is 0. The van der Waals surface area contributed by atoms with Gasteiger partial charge in [-0.1, -0.05) is 0 Å². The maximum atomic E-state index is 13.1. The number of H-pyrrole nitrogens is 1. The van der Waals surface area contributed by atoms with E-state index in [1.807, 2.05) is 0 Å². The molecule has 0 aliphatic heterocycles. The molecule has 0 bridgehead atoms. The zero-order valence-electron chi connectivity index (χ0n) is 7.45. The third-order valence-corrected chi connectivity index (χ3v) is 1.75. The van der Waals surface area contributed by atoms with E-state index in [2.05, 4.69) is 19.9 Å². The number of hydrogen-bond donors (Lipinski definition) is 2. The molecule has 0 amide bonds. The number of aromatic nitrogens is 4. The molecule has 14 heavy (non-hydrogen) atoms. The van der Waals surface area contributed by atoms with E-state index in [9.17, 15) is 4.39 Å². The van der Waals surface area contributed by atoms with Crippen LogP contribution in [0.25, 0.3) is 11.6 Å². The Balaban J connectivity index is 2.57. The minimum atomic E-state index is -0.583. The number of halogens is 1. The van der Waals surface area contributed by atoms with Crippen molar-refractivity contribution >= 4 is 5.82 Å². The number of rotatable bonds is 1. The molecule has 2 rings (SSSR count). The van der Waals surface area contributed by atoms with Gasteiger partial charge in [0, 0.05) is 12.4 Å². The van der Waals surface area contributed by atoms with E-state index in [-0.39, 0.29) is 11.5 Å². The van der Waals surface area contributed by atoms with Gasteiger partial charge < -0.3 is 10.7 Å². The third kappa shape index (κ3) is 1.30. The highest BCUT2D eigenvalue weighted by molar-refractivity contribution is 5.47. The fourth-order valence-corrected chi connectivity index (χ4v) is 1.07. The summed E-state index contributed by atoms with van der Waals surface area (Å²) in [4.78, 5) is 14.4. The molecule has 0 saturated heterocycles. The van der Waals surface area contributed by atoms with Crippen molar-refractivity contribution in [3.05, 3.63) is 23.9 Å². The van der Waals surface area contributed by atoms with Crippen LogP contribution in [0.15, 0.2) is 12.4 Å². The molecule has 0 aliphatic rings. The molecule has 0 radical (unpaired) electrons. The second-order valence-electron chi connectivity index (χ2n) is 2.77. The van der Waals surface area contributed by atoms with Crippen molar-refractivity contribution in [3.8, 4) is 11.6 Å². The number of hydrogen-bond acceptors (Lipinski definition) is 4. The zero-order valence-corrected chi connectivity index (χ0v) is 7.45. The van der Waals surface area contributed by atoms with Crippen molar-refractivity contribution in [1.82, 2.24) is 19.9 Å². The van der Waals surface area contributed by atoms with Gasteiger partial charge in [0.05, 0.1) is 5.69 Å². The molecule has 0 saturated carbocycles. The quantitative estimate of drug-likeness (QED) is 0.705. The molecule has 0 aromatic carbocycles. The second kappa shape index (κ2) is 3.06. The van der Waals surface area contributed by atoms with Crippen LogP contribution in [0.3, 0.4) is 0 Å². The van der Waals surface area contributed by atoms with Crippen LogP contribution in [0.5, 0.6) is 0 Å². The first-order chi connectivity index (χ1) is 6.68. The van der Waals surface area contributed by atoms with Gasteiger partial charge in [0.2, 0.25) is 0 Å². The van der Waals surface area contributed by atoms with Crippen LogP contribution in [-0.4, -0.2) is 19.9 Å². The fraction of sp³-hybridized carbons (Fsp3) is 0.125. The molecule has 2 aromatic heterocycles. The van der Waals surface area contributed by atoms with Crippen LogP contribution < -0.4 is 5.73 Å². The van der Waals surface area contributed by atoms with Gasteiger partial charge in [-0.2, -0.15) is 0 Å². The van der Waals surface area contributed by atoms with Crippen molar-refractivity contribution in [2.45, 2.75) is 6.92 Å². The first kappa shape index (κ1) is 8.61. The van der Waals surface area contributed by atoms with E-state index >= 15 is 0 Å². The molecule has 6 heteroatoms. The molecule has 3 N–H and O–H groups in total. The van der Waals surface area contributed by atoms with Crippen LogP contribution in [0.2, 0.25) is 0 Å². The van der Waals surface area contributed by atoms with Gasteiger partial charge >= 0.3 is 0 Å². The van der Waals surface area contributed by atoms with Gasteiger partial charge in [-0.05, 0) is 6.92 Å². The number of aryl methyl sites for hydroxylation is 1. The van der Waals surface area contributed by atoms with Gasteiger partial charge in [0.25, 0.3) is 0 Å². The lowest BCUT2D eigenvalue weighted by Crippen LogP contribution is -2.03. The molecule has 0 fully saturated rings. The zero-order chi connectivity index (χ0) is 10.1. The van der Waals surface area contributed by atoms with Crippen molar-refractivity contribution in [1.29, 1.82) is 0 Å². The average molecular weight is 193 g/mol. The Bertz CT molecular complexity index is 428. The van der Waals surface area contributed by atoms with E-state index in [4.69, 9.17) is 5.73 Å². The van der Waals surface area contributed by atoms with Crippen LogP contribution in [0, 0.1) is 12.7 Å². The standard InChI is InChI=1S/C8H8FN5/c1-4-5(9)6(10)14-8(13-4)7-11-2-3-12-7/h2-3H,1H3,(H,11,12)(H2,10,13,14). The predicted octanol–water partition coefficient (Wildman–Crippen LogP) is 0.896. The van der Waals surface area contributed by atoms with Crippen molar-refractivity contribution < 1.29 is 4.39 Å². The molecule has 72 valence electrons. The number of nitrogen functional groups attached to an aromatic ring is 1. The summed E-state index contributed by atoms with van der Waals surface area (Å²) in [5, 5.41) is 0. The Morgan fingerprint density at radius 3 is 2.79 bits per heavy atom. The van der Waals surface area contributed by atoms with Crippen molar-refractivity contribution in [2.24, 2.45) is 0 Å². The molecule has 0 unspecified atom stereocenters. The normalized spacial score (nSPS) is 10.4. The van der Waals surface area contributed by atoms with Crippen LogP contribution in [-0.2, 0) is 0 Å². The Morgan fingerprint density at radius 2 is 2.21 bits per heavy atom. The van der Waals surface area contributed by atoms with Gasteiger partial charge in [0.1, 0.15) is 0 Å². The van der Waals surface area contributed by atoms with E-state index in [1.54, 1.807) is 12.4 Å². The Kier molecular flexibility index (Phi) is 1.88. The largest absolute Gasteiger partial charge is 0.381 e. The van der Waals surface area contributed by atoms with Crippen LogP contribution in [0.4, 0.5) is 10.2 Å². The second-order valence-corrected chi connectivity index (χ2v) is 2.77. The number of nitrogens with two attached hydrogens (primary N) is 1. The lowest BCUT2D eigenvalue weighted by molar-refractivity contribution is 0.608. The summed E-state index contributed by atoms with van der Waals surface area (Å²) in [5.74, 6) is 0.0235. The SMILES string of the molecule is Cc1nc(-c2ncc[nH]2)nc(N)c1F. The molecule has 5 nitrogen and oxygen atoms in total. The molecule has 2 heterocycles. The first-order valence-corrected chi connectivity index (χ1v) is 3.98. The lowest BCUT2D eigenvalue weighted by Gasteiger charge is -2.01. The highest BCUT2D eigenvalue weighted by Crippen LogP contribution is 2.15. The molecular formula is C8H8FN5. The maximum absolute atomic E-state index is 13.1. The van der Waals surface area contributed by atoms with E-state index in [0.717, 1.165) is 0 Å². The minimum absolute atomic E-state index is 0.163. The number of nitrogens with zero attached hydrogens (tertiary/aromatic N) is 3. The van der Waals surface area contributed by atoms with E-state index < -0.39 is 5.82 Å². The summed E-state index contributed by atoms with van der Waals surface area (Å²) in [7, 11) is 0. The molecule has 0 aliphatic carbocycles. The van der Waals surface area contributed by atoms with E-state index in [1.165, 1.54) is 6.92 Å².